The Bertz CT molecular complexity index is 542. The van der Waals surface area contributed by atoms with Gasteiger partial charge in [0.2, 0.25) is 0 Å². The molecular weight excluding hydrogens is 238 g/mol. The minimum atomic E-state index is 0.778. The minimum absolute atomic E-state index is 0.778. The molecule has 3 rings (SSSR count). The van der Waals surface area contributed by atoms with E-state index in [0.717, 1.165) is 31.1 Å². The number of nitrogens with one attached hydrogen (secondary N) is 1. The van der Waals surface area contributed by atoms with Crippen LogP contribution >= 0.6 is 0 Å². The third kappa shape index (κ3) is 2.70. The molecular formula is C14H19N5. The van der Waals surface area contributed by atoms with Crippen molar-refractivity contribution >= 4 is 11.5 Å². The molecule has 0 spiro atoms. The highest BCUT2D eigenvalue weighted by Crippen LogP contribution is 2.26. The molecule has 1 N–H and O–H groups in total. The van der Waals surface area contributed by atoms with E-state index in [2.05, 4.69) is 26.4 Å². The lowest BCUT2D eigenvalue weighted by atomic mass is 10.3. The maximum Gasteiger partial charge on any atom is 0.151 e. The molecule has 0 aromatic carbocycles. The zero-order valence-corrected chi connectivity index (χ0v) is 11.2. The predicted octanol–water partition coefficient (Wildman–Crippen LogP) is 2.03. The molecule has 0 saturated carbocycles. The number of pyridine rings is 1. The highest BCUT2D eigenvalue weighted by Gasteiger charge is 2.16. The van der Waals surface area contributed by atoms with Gasteiger partial charge in [-0.3, -0.25) is 4.68 Å². The van der Waals surface area contributed by atoms with Gasteiger partial charge in [0.1, 0.15) is 0 Å². The molecule has 3 heterocycles. The zero-order valence-electron chi connectivity index (χ0n) is 11.2. The molecule has 5 heteroatoms. The van der Waals surface area contributed by atoms with Gasteiger partial charge in [-0.25, -0.2) is 4.98 Å². The fraction of sp³-hybridized carbons (Fsp3) is 0.429. The lowest BCUT2D eigenvalue weighted by Gasteiger charge is -2.20. The van der Waals surface area contributed by atoms with Crippen LogP contribution in [0.25, 0.3) is 0 Å². The number of rotatable bonds is 4. The van der Waals surface area contributed by atoms with E-state index in [1.807, 2.05) is 36.4 Å². The summed E-state index contributed by atoms with van der Waals surface area (Å²) in [5.74, 6) is 1.07. The normalized spacial score (nSPS) is 14.9. The van der Waals surface area contributed by atoms with Gasteiger partial charge < -0.3 is 10.2 Å². The van der Waals surface area contributed by atoms with Gasteiger partial charge in [0.15, 0.2) is 5.82 Å². The fourth-order valence-corrected chi connectivity index (χ4v) is 2.48. The lowest BCUT2D eigenvalue weighted by Crippen LogP contribution is -2.20. The van der Waals surface area contributed by atoms with Crippen LogP contribution in [0.3, 0.4) is 0 Å². The third-order valence-electron chi connectivity index (χ3n) is 3.43. The van der Waals surface area contributed by atoms with Crippen LogP contribution in [0.15, 0.2) is 30.7 Å². The molecule has 1 aliphatic heterocycles. The summed E-state index contributed by atoms with van der Waals surface area (Å²) in [6.07, 6.45) is 8.30. The topological polar surface area (TPSA) is 46.0 Å². The molecule has 19 heavy (non-hydrogen) atoms. The number of anilines is 2. The molecule has 2 aromatic rings. The van der Waals surface area contributed by atoms with E-state index in [1.165, 1.54) is 18.4 Å². The van der Waals surface area contributed by atoms with Gasteiger partial charge in [0.25, 0.3) is 0 Å². The van der Waals surface area contributed by atoms with E-state index < -0.39 is 0 Å². The SMILES string of the molecule is Cn1cc(CNc2cccnc2N2CCCC2)cn1. The maximum atomic E-state index is 4.52. The molecule has 100 valence electrons. The molecule has 2 aromatic heterocycles. The van der Waals surface area contributed by atoms with Crippen molar-refractivity contribution in [3.05, 3.63) is 36.3 Å². The highest BCUT2D eigenvalue weighted by molar-refractivity contribution is 5.65. The Labute approximate surface area is 113 Å². The van der Waals surface area contributed by atoms with E-state index in [-0.39, 0.29) is 0 Å². The Hall–Kier alpha value is -2.04. The summed E-state index contributed by atoms with van der Waals surface area (Å²) < 4.78 is 1.82. The first kappa shape index (κ1) is 12.0. The second kappa shape index (κ2) is 5.30. The van der Waals surface area contributed by atoms with E-state index in [0.29, 0.717) is 0 Å². The van der Waals surface area contributed by atoms with Gasteiger partial charge >= 0.3 is 0 Å². The van der Waals surface area contributed by atoms with Crippen molar-refractivity contribution in [3.8, 4) is 0 Å². The van der Waals surface area contributed by atoms with Crippen LogP contribution in [0, 0.1) is 0 Å². The molecule has 0 amide bonds. The zero-order chi connectivity index (χ0) is 13.1. The Balaban J connectivity index is 1.73. The van der Waals surface area contributed by atoms with Crippen molar-refractivity contribution in [2.75, 3.05) is 23.3 Å². The van der Waals surface area contributed by atoms with Crippen molar-refractivity contribution in [1.82, 2.24) is 14.8 Å². The van der Waals surface area contributed by atoms with Gasteiger partial charge in [-0.15, -0.1) is 0 Å². The van der Waals surface area contributed by atoms with Crippen LogP contribution in [-0.2, 0) is 13.6 Å². The van der Waals surface area contributed by atoms with Gasteiger partial charge in [0, 0.05) is 44.6 Å². The maximum absolute atomic E-state index is 4.52. The number of aromatic nitrogens is 3. The standard InChI is InChI=1S/C14H19N5/c1-18-11-12(10-17-18)9-16-13-5-4-6-15-14(13)19-7-2-3-8-19/h4-6,10-11,16H,2-3,7-9H2,1H3. The summed E-state index contributed by atoms with van der Waals surface area (Å²) in [4.78, 5) is 6.87. The van der Waals surface area contributed by atoms with Crippen molar-refractivity contribution in [2.45, 2.75) is 19.4 Å². The monoisotopic (exact) mass is 257 g/mol. The van der Waals surface area contributed by atoms with E-state index in [4.69, 9.17) is 0 Å². The Kier molecular flexibility index (Phi) is 3.35. The number of nitrogens with zero attached hydrogens (tertiary/aromatic N) is 4. The average Bonchev–Trinajstić information content (AvgIpc) is 3.08. The summed E-state index contributed by atoms with van der Waals surface area (Å²) in [5, 5.41) is 7.64. The van der Waals surface area contributed by atoms with Crippen molar-refractivity contribution < 1.29 is 0 Å². The average molecular weight is 257 g/mol. The van der Waals surface area contributed by atoms with Crippen LogP contribution in [0.4, 0.5) is 11.5 Å². The number of hydrogen-bond acceptors (Lipinski definition) is 4. The first-order chi connectivity index (χ1) is 9.33. The Morgan fingerprint density at radius 1 is 1.32 bits per heavy atom. The fourth-order valence-electron chi connectivity index (χ4n) is 2.48. The van der Waals surface area contributed by atoms with Crippen molar-refractivity contribution in [1.29, 1.82) is 0 Å². The first-order valence-electron chi connectivity index (χ1n) is 6.74. The third-order valence-corrected chi connectivity index (χ3v) is 3.43. The second-order valence-electron chi connectivity index (χ2n) is 4.94. The summed E-state index contributed by atoms with van der Waals surface area (Å²) in [7, 11) is 1.93. The number of hydrogen-bond donors (Lipinski definition) is 1. The van der Waals surface area contributed by atoms with E-state index >= 15 is 0 Å². The molecule has 1 saturated heterocycles. The van der Waals surface area contributed by atoms with Gasteiger partial charge in [0.05, 0.1) is 11.9 Å². The minimum Gasteiger partial charge on any atom is -0.378 e. The van der Waals surface area contributed by atoms with Crippen LogP contribution < -0.4 is 10.2 Å². The molecule has 0 radical (unpaired) electrons. The molecule has 0 bridgehead atoms. The summed E-state index contributed by atoms with van der Waals surface area (Å²) in [6.45, 7) is 3.00. The predicted molar refractivity (Wildman–Crippen MR) is 76.2 cm³/mol. The molecule has 1 aliphatic rings. The summed E-state index contributed by atoms with van der Waals surface area (Å²) >= 11 is 0. The van der Waals surface area contributed by atoms with Gasteiger partial charge in [-0.05, 0) is 25.0 Å². The summed E-state index contributed by atoms with van der Waals surface area (Å²) in [6, 6.07) is 4.07. The largest absolute Gasteiger partial charge is 0.378 e. The van der Waals surface area contributed by atoms with Crippen LogP contribution in [0.2, 0.25) is 0 Å². The highest BCUT2D eigenvalue weighted by atomic mass is 15.2. The van der Waals surface area contributed by atoms with Crippen LogP contribution in [0.1, 0.15) is 18.4 Å². The molecule has 0 unspecified atom stereocenters. The van der Waals surface area contributed by atoms with Crippen LogP contribution in [0.5, 0.6) is 0 Å². The van der Waals surface area contributed by atoms with Gasteiger partial charge in [-0.2, -0.15) is 5.10 Å². The quantitative estimate of drug-likeness (QED) is 0.910. The van der Waals surface area contributed by atoms with E-state index in [9.17, 15) is 0 Å². The van der Waals surface area contributed by atoms with E-state index in [1.54, 1.807) is 0 Å². The molecule has 0 atom stereocenters. The molecule has 0 aliphatic carbocycles. The number of aryl methyl sites for hydroxylation is 1. The van der Waals surface area contributed by atoms with Crippen molar-refractivity contribution in [3.63, 3.8) is 0 Å². The van der Waals surface area contributed by atoms with Gasteiger partial charge in [-0.1, -0.05) is 0 Å². The van der Waals surface area contributed by atoms with Crippen LogP contribution in [-0.4, -0.2) is 27.9 Å². The first-order valence-corrected chi connectivity index (χ1v) is 6.74. The smallest absolute Gasteiger partial charge is 0.151 e. The molecule has 5 nitrogen and oxygen atoms in total. The Morgan fingerprint density at radius 3 is 2.89 bits per heavy atom. The second-order valence-corrected chi connectivity index (χ2v) is 4.94. The lowest BCUT2D eigenvalue weighted by molar-refractivity contribution is 0.767. The van der Waals surface area contributed by atoms with Crippen molar-refractivity contribution in [2.24, 2.45) is 7.05 Å². The summed E-state index contributed by atoms with van der Waals surface area (Å²) in [5.41, 5.74) is 2.28. The Morgan fingerprint density at radius 2 is 2.16 bits per heavy atom. The molecule has 1 fully saturated rings.